The molecule has 0 spiro atoms. The summed E-state index contributed by atoms with van der Waals surface area (Å²) < 4.78 is 18.1. The van der Waals surface area contributed by atoms with Crippen molar-refractivity contribution in [2.75, 3.05) is 7.11 Å². The Morgan fingerprint density at radius 3 is 2.26 bits per heavy atom. The van der Waals surface area contributed by atoms with E-state index in [4.69, 9.17) is 16.3 Å². The Labute approximate surface area is 116 Å². The summed E-state index contributed by atoms with van der Waals surface area (Å²) in [5.41, 5.74) is -0.0235. The van der Waals surface area contributed by atoms with E-state index in [0.717, 1.165) is 0 Å². The Balaban J connectivity index is 2.46. The predicted molar refractivity (Wildman–Crippen MR) is 73.1 cm³/mol. The molecule has 0 aliphatic rings. The van der Waals surface area contributed by atoms with Crippen LogP contribution in [0.2, 0.25) is 5.02 Å². The van der Waals surface area contributed by atoms with Crippen LogP contribution in [0.15, 0.2) is 42.5 Å². The zero-order valence-electron chi connectivity index (χ0n) is 10.7. The van der Waals surface area contributed by atoms with Gasteiger partial charge in [-0.2, -0.15) is 0 Å². The van der Waals surface area contributed by atoms with Gasteiger partial charge in [-0.3, -0.25) is 0 Å². The maximum Gasteiger partial charge on any atom is 0.137 e. The van der Waals surface area contributed by atoms with Crippen molar-refractivity contribution in [3.05, 3.63) is 64.4 Å². The number of methoxy groups -OCH3 is 1. The predicted octanol–water partition coefficient (Wildman–Crippen LogP) is 3.74. The third-order valence-corrected chi connectivity index (χ3v) is 3.43. The SMILES string of the molecule is COc1cc(C(C)(O)c2ccc(F)cc2)ccc1Cl. The summed E-state index contributed by atoms with van der Waals surface area (Å²) >= 11 is 5.96. The van der Waals surface area contributed by atoms with Crippen molar-refractivity contribution in [3.63, 3.8) is 0 Å². The fourth-order valence-electron chi connectivity index (χ4n) is 1.90. The average molecular weight is 281 g/mol. The number of hydrogen-bond donors (Lipinski definition) is 1. The van der Waals surface area contributed by atoms with Crippen LogP contribution in [0.3, 0.4) is 0 Å². The zero-order chi connectivity index (χ0) is 14.0. The molecule has 2 aromatic carbocycles. The molecular weight excluding hydrogens is 267 g/mol. The van der Waals surface area contributed by atoms with Gasteiger partial charge in [-0.25, -0.2) is 4.39 Å². The molecule has 0 aliphatic carbocycles. The molecule has 1 N–H and O–H groups in total. The highest BCUT2D eigenvalue weighted by Gasteiger charge is 2.26. The van der Waals surface area contributed by atoms with E-state index in [1.165, 1.54) is 19.2 Å². The maximum absolute atomic E-state index is 12.9. The van der Waals surface area contributed by atoms with Crippen molar-refractivity contribution in [3.8, 4) is 5.75 Å². The summed E-state index contributed by atoms with van der Waals surface area (Å²) in [6, 6.07) is 10.8. The lowest BCUT2D eigenvalue weighted by atomic mass is 9.88. The third kappa shape index (κ3) is 2.72. The molecule has 0 aromatic heterocycles. The summed E-state index contributed by atoms with van der Waals surface area (Å²) in [5, 5.41) is 11.1. The number of halogens is 2. The lowest BCUT2D eigenvalue weighted by molar-refractivity contribution is 0.102. The van der Waals surface area contributed by atoms with Gasteiger partial charge in [-0.1, -0.05) is 29.8 Å². The van der Waals surface area contributed by atoms with Gasteiger partial charge in [0.05, 0.1) is 12.1 Å². The van der Waals surface area contributed by atoms with Crippen molar-refractivity contribution < 1.29 is 14.2 Å². The van der Waals surface area contributed by atoms with Crippen LogP contribution in [0.4, 0.5) is 4.39 Å². The van der Waals surface area contributed by atoms with Crippen LogP contribution < -0.4 is 4.74 Å². The van der Waals surface area contributed by atoms with Crippen LogP contribution >= 0.6 is 11.6 Å². The summed E-state index contributed by atoms with van der Waals surface area (Å²) in [7, 11) is 1.51. The molecule has 0 aliphatic heterocycles. The van der Waals surface area contributed by atoms with Crippen LogP contribution in [-0.2, 0) is 5.60 Å². The van der Waals surface area contributed by atoms with E-state index in [9.17, 15) is 9.50 Å². The average Bonchev–Trinajstić information content (AvgIpc) is 2.39. The van der Waals surface area contributed by atoms with E-state index < -0.39 is 5.60 Å². The molecule has 0 amide bonds. The highest BCUT2D eigenvalue weighted by Crippen LogP contribution is 2.34. The minimum absolute atomic E-state index is 0.340. The number of hydrogen-bond acceptors (Lipinski definition) is 2. The van der Waals surface area contributed by atoms with E-state index in [2.05, 4.69) is 0 Å². The van der Waals surface area contributed by atoms with Gasteiger partial charge >= 0.3 is 0 Å². The third-order valence-electron chi connectivity index (χ3n) is 3.12. The summed E-state index contributed by atoms with van der Waals surface area (Å²) in [4.78, 5) is 0. The van der Waals surface area contributed by atoms with Crippen molar-refractivity contribution in [1.82, 2.24) is 0 Å². The molecule has 1 atom stereocenters. The van der Waals surface area contributed by atoms with Gasteiger partial charge in [0.25, 0.3) is 0 Å². The van der Waals surface area contributed by atoms with Gasteiger partial charge in [-0.05, 0) is 42.3 Å². The van der Waals surface area contributed by atoms with E-state index in [-0.39, 0.29) is 5.82 Å². The number of aliphatic hydroxyl groups is 1. The molecule has 0 heterocycles. The molecule has 2 nitrogen and oxygen atoms in total. The first-order valence-corrected chi connectivity index (χ1v) is 6.15. The molecule has 1 unspecified atom stereocenters. The van der Waals surface area contributed by atoms with Gasteiger partial charge < -0.3 is 9.84 Å². The monoisotopic (exact) mass is 280 g/mol. The molecule has 2 aromatic rings. The Morgan fingerprint density at radius 2 is 1.68 bits per heavy atom. The first-order valence-electron chi connectivity index (χ1n) is 5.77. The van der Waals surface area contributed by atoms with Crippen molar-refractivity contribution in [2.24, 2.45) is 0 Å². The lowest BCUT2D eigenvalue weighted by Crippen LogP contribution is -2.22. The van der Waals surface area contributed by atoms with Gasteiger partial charge in [0.1, 0.15) is 17.2 Å². The zero-order valence-corrected chi connectivity index (χ0v) is 11.4. The van der Waals surface area contributed by atoms with Gasteiger partial charge in [0.15, 0.2) is 0 Å². The Hall–Kier alpha value is -1.58. The quantitative estimate of drug-likeness (QED) is 0.928. The summed E-state index contributed by atoms with van der Waals surface area (Å²) in [5.74, 6) is 0.148. The highest BCUT2D eigenvalue weighted by atomic mass is 35.5. The standard InChI is InChI=1S/C15H14ClFO2/c1-15(18,10-3-6-12(17)7-4-10)11-5-8-13(16)14(9-11)19-2/h3-9,18H,1-2H3. The Morgan fingerprint density at radius 1 is 1.11 bits per heavy atom. The van der Waals surface area contributed by atoms with Crippen LogP contribution in [0.5, 0.6) is 5.75 Å². The van der Waals surface area contributed by atoms with Crippen LogP contribution in [0, 0.1) is 5.82 Å². The molecule has 4 heteroatoms. The van der Waals surface area contributed by atoms with Crippen LogP contribution in [0.25, 0.3) is 0 Å². The second-order valence-electron chi connectivity index (χ2n) is 4.43. The van der Waals surface area contributed by atoms with Crippen LogP contribution in [-0.4, -0.2) is 12.2 Å². The highest BCUT2D eigenvalue weighted by molar-refractivity contribution is 6.32. The van der Waals surface area contributed by atoms with Crippen molar-refractivity contribution in [2.45, 2.75) is 12.5 Å². The van der Waals surface area contributed by atoms with Crippen LogP contribution in [0.1, 0.15) is 18.1 Å². The molecular formula is C15H14ClFO2. The minimum Gasteiger partial charge on any atom is -0.495 e. The lowest BCUT2D eigenvalue weighted by Gasteiger charge is -2.25. The second-order valence-corrected chi connectivity index (χ2v) is 4.84. The van der Waals surface area contributed by atoms with E-state index >= 15 is 0 Å². The normalized spacial score (nSPS) is 13.9. The fraction of sp³-hybridized carbons (Fsp3) is 0.200. The molecule has 0 bridgehead atoms. The first-order chi connectivity index (χ1) is 8.95. The minimum atomic E-state index is -1.24. The molecule has 0 saturated carbocycles. The van der Waals surface area contributed by atoms with E-state index in [1.807, 2.05) is 0 Å². The molecule has 0 radical (unpaired) electrons. The maximum atomic E-state index is 12.9. The van der Waals surface area contributed by atoms with Gasteiger partial charge in [0, 0.05) is 0 Å². The van der Waals surface area contributed by atoms with Crippen molar-refractivity contribution >= 4 is 11.6 Å². The molecule has 19 heavy (non-hydrogen) atoms. The van der Waals surface area contributed by atoms with E-state index in [0.29, 0.717) is 21.9 Å². The number of benzene rings is 2. The fourth-order valence-corrected chi connectivity index (χ4v) is 2.10. The van der Waals surface area contributed by atoms with E-state index in [1.54, 1.807) is 37.3 Å². The topological polar surface area (TPSA) is 29.5 Å². The molecule has 2 rings (SSSR count). The molecule has 0 saturated heterocycles. The van der Waals surface area contributed by atoms with Gasteiger partial charge in [-0.15, -0.1) is 0 Å². The Bertz CT molecular complexity index is 579. The van der Waals surface area contributed by atoms with Crippen molar-refractivity contribution in [1.29, 1.82) is 0 Å². The number of ether oxygens (including phenoxy) is 1. The first kappa shape index (κ1) is 13.8. The molecule has 0 fully saturated rings. The smallest absolute Gasteiger partial charge is 0.137 e. The molecule has 100 valence electrons. The number of rotatable bonds is 3. The Kier molecular flexibility index (Phi) is 3.78. The second kappa shape index (κ2) is 5.19. The van der Waals surface area contributed by atoms with Gasteiger partial charge in [0.2, 0.25) is 0 Å². The largest absolute Gasteiger partial charge is 0.495 e. The summed E-state index contributed by atoms with van der Waals surface area (Å²) in [6.45, 7) is 1.64. The summed E-state index contributed by atoms with van der Waals surface area (Å²) in [6.07, 6.45) is 0.